The van der Waals surface area contributed by atoms with Gasteiger partial charge in [-0.2, -0.15) is 0 Å². The van der Waals surface area contributed by atoms with Crippen LogP contribution in [0, 0.1) is 6.92 Å². The highest BCUT2D eigenvalue weighted by Gasteiger charge is 2.06. The van der Waals surface area contributed by atoms with Crippen LogP contribution in [-0.4, -0.2) is 9.38 Å². The van der Waals surface area contributed by atoms with Gasteiger partial charge in [-0.3, -0.25) is 4.98 Å². The maximum absolute atomic E-state index is 4.77. The van der Waals surface area contributed by atoms with Crippen LogP contribution in [0.1, 0.15) is 5.69 Å². The third kappa shape index (κ3) is 1.15. The van der Waals surface area contributed by atoms with E-state index in [0.29, 0.717) is 0 Å². The van der Waals surface area contributed by atoms with Gasteiger partial charge in [-0.25, -0.2) is 0 Å². The number of nitrogens with zero attached hydrogens (tertiary/aromatic N) is 2. The van der Waals surface area contributed by atoms with Crippen molar-refractivity contribution in [2.24, 2.45) is 0 Å². The molecule has 0 radical (unpaired) electrons. The van der Waals surface area contributed by atoms with Crippen molar-refractivity contribution in [2.75, 3.05) is 0 Å². The lowest BCUT2D eigenvalue weighted by molar-refractivity contribution is 1.22. The van der Waals surface area contributed by atoms with Crippen molar-refractivity contribution in [1.82, 2.24) is 9.38 Å². The zero-order valence-electron chi connectivity index (χ0n) is 10.1. The van der Waals surface area contributed by atoms with E-state index in [2.05, 4.69) is 66.1 Å². The van der Waals surface area contributed by atoms with Crippen molar-refractivity contribution in [3.05, 3.63) is 60.4 Å². The van der Waals surface area contributed by atoms with Gasteiger partial charge in [0, 0.05) is 11.6 Å². The topological polar surface area (TPSA) is 17.3 Å². The average molecular weight is 232 g/mol. The first-order valence-electron chi connectivity index (χ1n) is 6.10. The zero-order valence-corrected chi connectivity index (χ0v) is 10.1. The fourth-order valence-corrected chi connectivity index (χ4v) is 2.72. The predicted octanol–water partition coefficient (Wildman–Crippen LogP) is 3.95. The summed E-state index contributed by atoms with van der Waals surface area (Å²) in [5, 5.41) is 2.47. The molecule has 2 nitrogen and oxygen atoms in total. The predicted molar refractivity (Wildman–Crippen MR) is 74.9 cm³/mol. The minimum Gasteiger partial charge on any atom is -0.315 e. The summed E-state index contributed by atoms with van der Waals surface area (Å²) in [5.74, 6) is 0. The summed E-state index contributed by atoms with van der Waals surface area (Å²) >= 11 is 0. The second-order valence-electron chi connectivity index (χ2n) is 4.61. The van der Waals surface area contributed by atoms with Gasteiger partial charge < -0.3 is 4.40 Å². The molecule has 4 rings (SSSR count). The molecular weight excluding hydrogens is 220 g/mol. The highest BCUT2D eigenvalue weighted by Crippen LogP contribution is 2.26. The SMILES string of the molecule is Cc1nc2cccc3cccc(c32)n2cccc12. The van der Waals surface area contributed by atoms with Crippen LogP contribution < -0.4 is 0 Å². The van der Waals surface area contributed by atoms with E-state index >= 15 is 0 Å². The summed E-state index contributed by atoms with van der Waals surface area (Å²) in [4.78, 5) is 4.77. The molecule has 0 aliphatic carbocycles. The molecule has 0 saturated heterocycles. The number of rotatable bonds is 0. The van der Waals surface area contributed by atoms with Gasteiger partial charge in [0.15, 0.2) is 0 Å². The lowest BCUT2D eigenvalue weighted by atomic mass is 10.1. The second kappa shape index (κ2) is 3.33. The van der Waals surface area contributed by atoms with Crippen molar-refractivity contribution in [2.45, 2.75) is 6.92 Å². The molecule has 18 heavy (non-hydrogen) atoms. The molecule has 0 aliphatic rings. The van der Waals surface area contributed by atoms with Crippen LogP contribution in [0.5, 0.6) is 0 Å². The lowest BCUT2D eigenvalue weighted by Crippen LogP contribution is -1.82. The third-order valence-corrected chi connectivity index (χ3v) is 3.53. The van der Waals surface area contributed by atoms with Gasteiger partial charge in [-0.05, 0) is 36.6 Å². The molecule has 4 aromatic rings. The molecule has 2 aromatic heterocycles. The van der Waals surface area contributed by atoms with Gasteiger partial charge >= 0.3 is 0 Å². The van der Waals surface area contributed by atoms with Gasteiger partial charge in [-0.1, -0.05) is 24.3 Å². The van der Waals surface area contributed by atoms with Gasteiger partial charge in [0.1, 0.15) is 0 Å². The Labute approximate surface area is 104 Å². The first-order valence-corrected chi connectivity index (χ1v) is 6.10. The molecule has 0 atom stereocenters. The highest BCUT2D eigenvalue weighted by atomic mass is 14.9. The smallest absolute Gasteiger partial charge is 0.0733 e. The summed E-state index contributed by atoms with van der Waals surface area (Å²) in [6.45, 7) is 2.07. The molecular formula is C16H12N2. The first kappa shape index (κ1) is 9.66. The minimum atomic E-state index is 1.06. The summed E-state index contributed by atoms with van der Waals surface area (Å²) in [6.07, 6.45) is 2.10. The molecule has 0 amide bonds. The number of aromatic nitrogens is 2. The molecule has 0 N–H and O–H groups in total. The maximum atomic E-state index is 4.77. The van der Waals surface area contributed by atoms with E-state index in [-0.39, 0.29) is 0 Å². The number of benzene rings is 2. The third-order valence-electron chi connectivity index (χ3n) is 3.53. The van der Waals surface area contributed by atoms with Crippen LogP contribution >= 0.6 is 0 Å². The van der Waals surface area contributed by atoms with Gasteiger partial charge in [0.2, 0.25) is 0 Å². The molecule has 0 spiro atoms. The fraction of sp³-hybridized carbons (Fsp3) is 0.0625. The van der Waals surface area contributed by atoms with Gasteiger partial charge in [-0.15, -0.1) is 0 Å². The highest BCUT2D eigenvalue weighted by molar-refractivity contribution is 6.07. The Balaban J connectivity index is 2.50. The Morgan fingerprint density at radius 1 is 0.889 bits per heavy atom. The van der Waals surface area contributed by atoms with Crippen molar-refractivity contribution in [3.8, 4) is 0 Å². The largest absolute Gasteiger partial charge is 0.315 e. The van der Waals surface area contributed by atoms with Gasteiger partial charge in [0.05, 0.1) is 22.2 Å². The summed E-state index contributed by atoms with van der Waals surface area (Å²) in [5.41, 5.74) is 4.50. The normalized spacial score (nSPS) is 11.6. The van der Waals surface area contributed by atoms with Crippen LogP contribution in [0.3, 0.4) is 0 Å². The Morgan fingerprint density at radius 2 is 1.67 bits per heavy atom. The molecule has 0 unspecified atom stereocenters. The molecule has 2 aromatic carbocycles. The summed E-state index contributed by atoms with van der Waals surface area (Å²) in [6, 6.07) is 16.9. The van der Waals surface area contributed by atoms with E-state index < -0.39 is 0 Å². The maximum Gasteiger partial charge on any atom is 0.0733 e. The minimum absolute atomic E-state index is 1.06. The van der Waals surface area contributed by atoms with E-state index in [1.165, 1.54) is 21.8 Å². The van der Waals surface area contributed by atoms with Crippen LogP contribution in [0.4, 0.5) is 0 Å². The van der Waals surface area contributed by atoms with Crippen LogP contribution in [0.25, 0.3) is 27.3 Å². The first-order chi connectivity index (χ1) is 8.84. The van der Waals surface area contributed by atoms with Crippen molar-refractivity contribution < 1.29 is 0 Å². The van der Waals surface area contributed by atoms with Crippen LogP contribution in [0.2, 0.25) is 0 Å². The van der Waals surface area contributed by atoms with E-state index in [9.17, 15) is 0 Å². The van der Waals surface area contributed by atoms with Crippen molar-refractivity contribution in [3.63, 3.8) is 0 Å². The Hall–Kier alpha value is -2.35. The molecule has 0 fully saturated rings. The Bertz CT molecular complexity index is 882. The van der Waals surface area contributed by atoms with Gasteiger partial charge in [0.25, 0.3) is 0 Å². The standard InChI is InChI=1S/C16H12N2/c1-11-14-9-4-10-18(14)15-8-3-6-12-5-2-7-13(17-11)16(12)15/h2-10H,1H3. The van der Waals surface area contributed by atoms with E-state index in [1.54, 1.807) is 0 Å². The summed E-state index contributed by atoms with van der Waals surface area (Å²) in [7, 11) is 0. The zero-order chi connectivity index (χ0) is 12.1. The Kier molecular flexibility index (Phi) is 1.78. The van der Waals surface area contributed by atoms with Crippen LogP contribution in [-0.2, 0) is 0 Å². The molecule has 0 bridgehead atoms. The molecule has 0 saturated carbocycles. The number of hydrogen-bond donors (Lipinski definition) is 0. The van der Waals surface area contributed by atoms with Crippen molar-refractivity contribution >= 4 is 27.3 Å². The average Bonchev–Trinajstić information content (AvgIpc) is 2.83. The lowest BCUT2D eigenvalue weighted by Gasteiger charge is -2.01. The molecule has 2 heterocycles. The number of fused-ring (bicyclic) bond motifs is 2. The van der Waals surface area contributed by atoms with E-state index in [0.717, 1.165) is 11.2 Å². The quantitative estimate of drug-likeness (QED) is 0.448. The number of aryl methyl sites for hydroxylation is 1. The number of hydrogen-bond acceptors (Lipinski definition) is 1. The van der Waals surface area contributed by atoms with E-state index in [4.69, 9.17) is 4.98 Å². The fourth-order valence-electron chi connectivity index (χ4n) is 2.72. The molecule has 0 aliphatic heterocycles. The monoisotopic (exact) mass is 232 g/mol. The Morgan fingerprint density at radius 3 is 2.56 bits per heavy atom. The van der Waals surface area contributed by atoms with E-state index in [1.807, 2.05) is 0 Å². The van der Waals surface area contributed by atoms with Crippen molar-refractivity contribution in [1.29, 1.82) is 0 Å². The second-order valence-corrected chi connectivity index (χ2v) is 4.61. The summed E-state index contributed by atoms with van der Waals surface area (Å²) < 4.78 is 2.22. The molecule has 2 heteroatoms. The van der Waals surface area contributed by atoms with Crippen LogP contribution in [0.15, 0.2) is 54.7 Å². The molecule has 86 valence electrons.